The first-order valence-electron chi connectivity index (χ1n) is 7.61. The minimum Gasteiger partial charge on any atom is -0.458 e. The van der Waals surface area contributed by atoms with Gasteiger partial charge >= 0.3 is 5.97 Å². The number of hydrogen-bond donors (Lipinski definition) is 0. The molecule has 0 amide bonds. The molecule has 0 spiro atoms. The van der Waals surface area contributed by atoms with Gasteiger partial charge in [-0.2, -0.15) is 0 Å². The average molecular weight is 250 g/mol. The van der Waals surface area contributed by atoms with Crippen molar-refractivity contribution in [1.82, 2.24) is 0 Å². The zero-order valence-corrected chi connectivity index (χ0v) is 12.2. The number of fused-ring (bicyclic) bond motifs is 3. The lowest BCUT2D eigenvalue weighted by Crippen LogP contribution is -2.53. The first-order chi connectivity index (χ1) is 8.37. The van der Waals surface area contributed by atoms with E-state index in [1.807, 2.05) is 0 Å². The van der Waals surface area contributed by atoms with Crippen LogP contribution in [0.2, 0.25) is 0 Å². The summed E-state index contributed by atoms with van der Waals surface area (Å²) < 4.78 is 5.89. The van der Waals surface area contributed by atoms with Crippen molar-refractivity contribution in [3.05, 3.63) is 0 Å². The molecule has 0 aromatic carbocycles. The first kappa shape index (κ1) is 12.5. The number of ether oxygens (including phenoxy) is 1. The molecule has 0 radical (unpaired) electrons. The fourth-order valence-corrected chi connectivity index (χ4v) is 5.26. The largest absolute Gasteiger partial charge is 0.458 e. The highest BCUT2D eigenvalue weighted by Gasteiger charge is 2.65. The van der Waals surface area contributed by atoms with Crippen LogP contribution in [0.5, 0.6) is 0 Å². The second-order valence-corrected chi connectivity index (χ2v) is 7.62. The third kappa shape index (κ3) is 1.44. The molecule has 5 atom stereocenters. The van der Waals surface area contributed by atoms with Gasteiger partial charge in [-0.05, 0) is 51.4 Å². The summed E-state index contributed by atoms with van der Waals surface area (Å²) in [6.45, 7) is 8.69. The fourth-order valence-electron chi connectivity index (χ4n) is 5.26. The Labute approximate surface area is 110 Å². The third-order valence-electron chi connectivity index (χ3n) is 6.26. The van der Waals surface area contributed by atoms with Crippen LogP contribution in [0.4, 0.5) is 0 Å². The molecule has 3 fully saturated rings. The van der Waals surface area contributed by atoms with Crippen LogP contribution in [0, 0.1) is 29.1 Å². The summed E-state index contributed by atoms with van der Waals surface area (Å²) >= 11 is 0. The van der Waals surface area contributed by atoms with Crippen LogP contribution >= 0.6 is 0 Å². The number of rotatable bonds is 0. The second kappa shape index (κ2) is 3.74. The maximum absolute atomic E-state index is 12.3. The average Bonchev–Trinajstić information content (AvgIpc) is 2.48. The van der Waals surface area contributed by atoms with Crippen molar-refractivity contribution in [3.8, 4) is 0 Å². The van der Waals surface area contributed by atoms with E-state index in [1.54, 1.807) is 0 Å². The van der Waals surface area contributed by atoms with E-state index >= 15 is 0 Å². The van der Waals surface area contributed by atoms with Gasteiger partial charge in [0.15, 0.2) is 0 Å². The van der Waals surface area contributed by atoms with Gasteiger partial charge in [0, 0.05) is 5.92 Å². The van der Waals surface area contributed by atoms with Crippen molar-refractivity contribution in [1.29, 1.82) is 0 Å². The van der Waals surface area contributed by atoms with Crippen LogP contribution in [0.3, 0.4) is 0 Å². The predicted octanol–water partition coefficient (Wildman–Crippen LogP) is 3.79. The van der Waals surface area contributed by atoms with E-state index in [0.29, 0.717) is 17.8 Å². The van der Waals surface area contributed by atoms with Crippen LogP contribution < -0.4 is 0 Å². The van der Waals surface area contributed by atoms with Crippen LogP contribution in [0.25, 0.3) is 0 Å². The van der Waals surface area contributed by atoms with Crippen LogP contribution in [0.15, 0.2) is 0 Å². The van der Waals surface area contributed by atoms with E-state index in [4.69, 9.17) is 4.74 Å². The molecule has 2 saturated carbocycles. The highest BCUT2D eigenvalue weighted by molar-refractivity contribution is 5.79. The number of carbonyl (C=O) groups is 1. The molecule has 2 aliphatic carbocycles. The SMILES string of the molecule is CC1CC2CCCCC2C2C(C)(C)C(=O)OC12C. The maximum Gasteiger partial charge on any atom is 0.312 e. The summed E-state index contributed by atoms with van der Waals surface area (Å²) in [7, 11) is 0. The quantitative estimate of drug-likeness (QED) is 0.611. The molecule has 0 bridgehead atoms. The maximum atomic E-state index is 12.3. The van der Waals surface area contributed by atoms with Gasteiger partial charge in [-0.1, -0.05) is 26.2 Å². The van der Waals surface area contributed by atoms with E-state index in [-0.39, 0.29) is 17.0 Å². The van der Waals surface area contributed by atoms with E-state index in [0.717, 1.165) is 5.92 Å². The standard InChI is InChI=1S/C16H26O2/c1-10-9-11-7-5-6-8-12(11)13-15(2,3)14(17)18-16(10,13)4/h10-13H,5-9H2,1-4H3. The topological polar surface area (TPSA) is 26.3 Å². The lowest BCUT2D eigenvalue weighted by molar-refractivity contribution is -0.160. The van der Waals surface area contributed by atoms with Gasteiger partial charge in [-0.3, -0.25) is 4.79 Å². The number of esters is 1. The monoisotopic (exact) mass is 250 g/mol. The highest BCUT2D eigenvalue weighted by Crippen LogP contribution is 2.61. The minimum atomic E-state index is -0.288. The van der Waals surface area contributed by atoms with Gasteiger partial charge in [-0.15, -0.1) is 0 Å². The molecule has 0 N–H and O–H groups in total. The molecule has 1 aliphatic heterocycles. The van der Waals surface area contributed by atoms with Crippen LogP contribution in [-0.2, 0) is 9.53 Å². The molecule has 102 valence electrons. The Morgan fingerprint density at radius 2 is 1.83 bits per heavy atom. The molecule has 1 heterocycles. The van der Waals surface area contributed by atoms with Crippen molar-refractivity contribution < 1.29 is 9.53 Å². The molecule has 0 aromatic rings. The van der Waals surface area contributed by atoms with E-state index < -0.39 is 0 Å². The summed E-state index contributed by atoms with van der Waals surface area (Å²) in [6.07, 6.45) is 6.64. The summed E-state index contributed by atoms with van der Waals surface area (Å²) in [5.74, 6) is 2.51. The van der Waals surface area contributed by atoms with E-state index in [9.17, 15) is 4.79 Å². The van der Waals surface area contributed by atoms with Crippen molar-refractivity contribution >= 4 is 5.97 Å². The van der Waals surface area contributed by atoms with Crippen molar-refractivity contribution in [2.45, 2.75) is 65.4 Å². The zero-order valence-electron chi connectivity index (χ0n) is 12.2. The van der Waals surface area contributed by atoms with Gasteiger partial charge in [0.1, 0.15) is 5.60 Å². The Morgan fingerprint density at radius 3 is 2.56 bits per heavy atom. The number of carbonyl (C=O) groups excluding carboxylic acids is 1. The predicted molar refractivity (Wildman–Crippen MR) is 71.0 cm³/mol. The molecular formula is C16H26O2. The Morgan fingerprint density at radius 1 is 1.17 bits per heavy atom. The molecular weight excluding hydrogens is 224 g/mol. The smallest absolute Gasteiger partial charge is 0.312 e. The normalized spacial score (nSPS) is 50.3. The van der Waals surface area contributed by atoms with Crippen molar-refractivity contribution in [2.75, 3.05) is 0 Å². The van der Waals surface area contributed by atoms with Gasteiger partial charge in [0.2, 0.25) is 0 Å². The van der Waals surface area contributed by atoms with Crippen LogP contribution in [0.1, 0.15) is 59.8 Å². The fraction of sp³-hybridized carbons (Fsp3) is 0.938. The Kier molecular flexibility index (Phi) is 2.60. The third-order valence-corrected chi connectivity index (χ3v) is 6.26. The minimum absolute atomic E-state index is 0.0353. The van der Waals surface area contributed by atoms with E-state index in [2.05, 4.69) is 27.7 Å². The van der Waals surface area contributed by atoms with Gasteiger partial charge in [-0.25, -0.2) is 0 Å². The van der Waals surface area contributed by atoms with Gasteiger partial charge in [0.05, 0.1) is 5.41 Å². The molecule has 3 rings (SSSR count). The van der Waals surface area contributed by atoms with Gasteiger partial charge in [0.25, 0.3) is 0 Å². The molecule has 3 aliphatic rings. The first-order valence-corrected chi connectivity index (χ1v) is 7.61. The molecule has 5 unspecified atom stereocenters. The molecule has 18 heavy (non-hydrogen) atoms. The lowest BCUT2D eigenvalue weighted by atomic mass is 9.52. The van der Waals surface area contributed by atoms with E-state index in [1.165, 1.54) is 32.1 Å². The number of hydrogen-bond acceptors (Lipinski definition) is 2. The summed E-state index contributed by atoms with van der Waals surface area (Å²) in [5.41, 5.74) is -0.497. The Balaban J connectivity index is 2.03. The van der Waals surface area contributed by atoms with Crippen molar-refractivity contribution in [3.63, 3.8) is 0 Å². The Bertz CT molecular complexity index is 373. The van der Waals surface area contributed by atoms with Crippen LogP contribution in [-0.4, -0.2) is 11.6 Å². The van der Waals surface area contributed by atoms with Gasteiger partial charge < -0.3 is 4.74 Å². The molecule has 2 nitrogen and oxygen atoms in total. The summed E-state index contributed by atoms with van der Waals surface area (Å²) in [4.78, 5) is 12.3. The molecule has 0 aromatic heterocycles. The summed E-state index contributed by atoms with van der Waals surface area (Å²) in [5, 5.41) is 0. The molecule has 2 heteroatoms. The zero-order chi connectivity index (χ0) is 13.1. The summed E-state index contributed by atoms with van der Waals surface area (Å²) in [6, 6.07) is 0. The second-order valence-electron chi connectivity index (χ2n) is 7.62. The molecule has 1 saturated heterocycles. The van der Waals surface area contributed by atoms with Crippen molar-refractivity contribution in [2.24, 2.45) is 29.1 Å². The Hall–Kier alpha value is -0.530. The lowest BCUT2D eigenvalue weighted by Gasteiger charge is -2.52. The highest BCUT2D eigenvalue weighted by atomic mass is 16.6.